The summed E-state index contributed by atoms with van der Waals surface area (Å²) in [7, 11) is 4.08. The minimum absolute atomic E-state index is 0.757. The summed E-state index contributed by atoms with van der Waals surface area (Å²) in [6, 6.07) is 23.1. The highest BCUT2D eigenvalue weighted by atomic mass is 15.4. The number of hydrogen-bond acceptors (Lipinski definition) is 4. The second kappa shape index (κ2) is 5.89. The Bertz CT molecular complexity index is 831. The van der Waals surface area contributed by atoms with Crippen LogP contribution in [0.15, 0.2) is 72.9 Å². The van der Waals surface area contributed by atoms with Crippen LogP contribution in [-0.2, 0) is 0 Å². The van der Waals surface area contributed by atoms with E-state index in [-0.39, 0.29) is 0 Å². The lowest BCUT2D eigenvalue weighted by atomic mass is 10.2. The van der Waals surface area contributed by atoms with E-state index >= 15 is 0 Å². The van der Waals surface area contributed by atoms with Gasteiger partial charge in [-0.2, -0.15) is 0 Å². The van der Waals surface area contributed by atoms with Crippen molar-refractivity contribution in [2.24, 2.45) is 0 Å². The highest BCUT2D eigenvalue weighted by molar-refractivity contribution is 5.86. The Balaban J connectivity index is 1.83. The summed E-state index contributed by atoms with van der Waals surface area (Å²) in [5.41, 5.74) is 4.57. The summed E-state index contributed by atoms with van der Waals surface area (Å²) in [5, 5.41) is 0. The molecular weight excluding hydrogens is 296 g/mol. The number of hydrogen-bond donors (Lipinski definition) is 0. The molecule has 24 heavy (non-hydrogen) atoms. The maximum Gasteiger partial charge on any atom is 0.158 e. The topological polar surface area (TPSA) is 22.6 Å². The molecule has 2 heterocycles. The zero-order chi connectivity index (χ0) is 16.5. The number of rotatable bonds is 3. The summed E-state index contributed by atoms with van der Waals surface area (Å²) < 4.78 is 0. The van der Waals surface area contributed by atoms with Gasteiger partial charge in [0.2, 0.25) is 0 Å². The van der Waals surface area contributed by atoms with Crippen molar-refractivity contribution in [3.8, 4) is 0 Å². The van der Waals surface area contributed by atoms with Crippen molar-refractivity contribution in [2.75, 3.05) is 35.5 Å². The fraction of sp³-hybridized carbons (Fsp3) is 0.150. The van der Waals surface area contributed by atoms with E-state index in [1.165, 1.54) is 5.69 Å². The molecule has 0 saturated carbocycles. The SMILES string of the molecule is CN(C)c1cnc2c(c1)N(c1ccccc1)CN2c1ccccc1. The van der Waals surface area contributed by atoms with Crippen LogP contribution in [0.5, 0.6) is 0 Å². The van der Waals surface area contributed by atoms with E-state index < -0.39 is 0 Å². The van der Waals surface area contributed by atoms with Crippen LogP contribution < -0.4 is 14.7 Å². The number of nitrogens with zero attached hydrogens (tertiary/aromatic N) is 4. The van der Waals surface area contributed by atoms with Crippen molar-refractivity contribution < 1.29 is 0 Å². The van der Waals surface area contributed by atoms with Gasteiger partial charge in [0.15, 0.2) is 5.82 Å². The van der Waals surface area contributed by atoms with E-state index in [1.54, 1.807) is 0 Å². The number of para-hydroxylation sites is 2. The number of pyridine rings is 1. The van der Waals surface area contributed by atoms with E-state index in [1.807, 2.05) is 32.4 Å². The van der Waals surface area contributed by atoms with Crippen LogP contribution in [0, 0.1) is 0 Å². The number of fused-ring (bicyclic) bond motifs is 1. The number of aromatic nitrogens is 1. The van der Waals surface area contributed by atoms with Crippen LogP contribution in [0.2, 0.25) is 0 Å². The summed E-state index contributed by atoms with van der Waals surface area (Å²) in [6.45, 7) is 0.757. The molecule has 0 radical (unpaired) electrons. The van der Waals surface area contributed by atoms with Crippen LogP contribution >= 0.6 is 0 Å². The molecule has 2 aromatic carbocycles. The van der Waals surface area contributed by atoms with Gasteiger partial charge in [-0.05, 0) is 30.3 Å². The van der Waals surface area contributed by atoms with Gasteiger partial charge in [0.1, 0.15) is 6.67 Å². The summed E-state index contributed by atoms with van der Waals surface area (Å²) in [4.78, 5) is 11.4. The first-order valence-corrected chi connectivity index (χ1v) is 8.06. The Kier molecular flexibility index (Phi) is 3.58. The predicted molar refractivity (Wildman–Crippen MR) is 101 cm³/mol. The van der Waals surface area contributed by atoms with E-state index in [0.717, 1.165) is 29.5 Å². The fourth-order valence-corrected chi connectivity index (χ4v) is 3.01. The van der Waals surface area contributed by atoms with Crippen LogP contribution in [0.4, 0.5) is 28.6 Å². The third-order valence-electron chi connectivity index (χ3n) is 4.31. The molecule has 1 aliphatic rings. The van der Waals surface area contributed by atoms with Gasteiger partial charge in [-0.3, -0.25) is 0 Å². The number of benzene rings is 2. The zero-order valence-corrected chi connectivity index (χ0v) is 13.9. The van der Waals surface area contributed by atoms with Crippen LogP contribution in [-0.4, -0.2) is 25.7 Å². The maximum absolute atomic E-state index is 4.76. The summed E-state index contributed by atoms with van der Waals surface area (Å²) >= 11 is 0. The Hall–Kier alpha value is -3.01. The van der Waals surface area contributed by atoms with Gasteiger partial charge < -0.3 is 14.7 Å². The third-order valence-corrected chi connectivity index (χ3v) is 4.31. The van der Waals surface area contributed by atoms with Crippen molar-refractivity contribution in [1.29, 1.82) is 0 Å². The highest BCUT2D eigenvalue weighted by Gasteiger charge is 2.29. The van der Waals surface area contributed by atoms with Crippen molar-refractivity contribution >= 4 is 28.6 Å². The van der Waals surface area contributed by atoms with Crippen molar-refractivity contribution in [1.82, 2.24) is 4.98 Å². The van der Waals surface area contributed by atoms with Gasteiger partial charge in [0.05, 0.1) is 17.6 Å². The normalized spacial score (nSPS) is 13.1. The standard InChI is InChI=1S/C20H20N4/c1-22(2)18-13-19-20(21-14-18)24(17-11-7-4-8-12-17)15-23(19)16-9-5-3-6-10-16/h3-14H,15H2,1-2H3. The monoisotopic (exact) mass is 316 g/mol. The first-order valence-electron chi connectivity index (χ1n) is 8.06. The Morgan fingerprint density at radius 3 is 2.00 bits per heavy atom. The van der Waals surface area contributed by atoms with E-state index in [4.69, 9.17) is 4.98 Å². The second-order valence-corrected chi connectivity index (χ2v) is 6.10. The molecule has 0 bridgehead atoms. The van der Waals surface area contributed by atoms with Gasteiger partial charge in [-0.25, -0.2) is 4.98 Å². The molecule has 0 saturated heterocycles. The van der Waals surface area contributed by atoms with Crippen molar-refractivity contribution in [3.63, 3.8) is 0 Å². The lowest BCUT2D eigenvalue weighted by Crippen LogP contribution is -2.24. The maximum atomic E-state index is 4.76. The average Bonchev–Trinajstić information content (AvgIpc) is 3.02. The highest BCUT2D eigenvalue weighted by Crippen LogP contribution is 2.43. The average molecular weight is 316 g/mol. The van der Waals surface area contributed by atoms with Crippen LogP contribution in [0.1, 0.15) is 0 Å². The fourth-order valence-electron chi connectivity index (χ4n) is 3.01. The van der Waals surface area contributed by atoms with E-state index in [9.17, 15) is 0 Å². The largest absolute Gasteiger partial charge is 0.376 e. The Labute approximate surface area is 142 Å². The van der Waals surface area contributed by atoms with Crippen LogP contribution in [0.3, 0.4) is 0 Å². The first kappa shape index (κ1) is 14.6. The molecule has 0 aliphatic carbocycles. The molecule has 0 spiro atoms. The van der Waals surface area contributed by atoms with Crippen molar-refractivity contribution in [2.45, 2.75) is 0 Å². The Morgan fingerprint density at radius 1 is 0.833 bits per heavy atom. The van der Waals surface area contributed by atoms with Gasteiger partial charge in [-0.1, -0.05) is 36.4 Å². The van der Waals surface area contributed by atoms with Gasteiger partial charge in [0.25, 0.3) is 0 Å². The predicted octanol–water partition coefficient (Wildman–Crippen LogP) is 4.39. The minimum Gasteiger partial charge on any atom is -0.376 e. The quantitative estimate of drug-likeness (QED) is 0.714. The molecule has 1 aromatic heterocycles. The molecule has 0 N–H and O–H groups in total. The lowest BCUT2D eigenvalue weighted by molar-refractivity contribution is 0.981. The molecule has 1 aliphatic heterocycles. The van der Waals surface area contributed by atoms with E-state index in [0.29, 0.717) is 0 Å². The molecule has 0 amide bonds. The second-order valence-electron chi connectivity index (χ2n) is 6.10. The zero-order valence-electron chi connectivity index (χ0n) is 13.9. The van der Waals surface area contributed by atoms with Gasteiger partial charge >= 0.3 is 0 Å². The summed E-state index contributed by atoms with van der Waals surface area (Å²) in [5.74, 6) is 0.996. The van der Waals surface area contributed by atoms with Crippen LogP contribution in [0.25, 0.3) is 0 Å². The van der Waals surface area contributed by atoms with Gasteiger partial charge in [-0.15, -0.1) is 0 Å². The molecule has 0 fully saturated rings. The lowest BCUT2D eigenvalue weighted by Gasteiger charge is -2.21. The smallest absolute Gasteiger partial charge is 0.158 e. The molecular formula is C20H20N4. The molecule has 3 aromatic rings. The first-order chi connectivity index (χ1) is 11.7. The molecule has 4 rings (SSSR count). The molecule has 4 heteroatoms. The number of anilines is 5. The molecule has 4 nitrogen and oxygen atoms in total. The van der Waals surface area contributed by atoms with Crippen molar-refractivity contribution in [3.05, 3.63) is 72.9 Å². The Morgan fingerprint density at radius 2 is 1.42 bits per heavy atom. The molecule has 120 valence electrons. The minimum atomic E-state index is 0.757. The summed E-state index contributed by atoms with van der Waals surface area (Å²) in [6.07, 6.45) is 1.93. The molecule has 0 atom stereocenters. The van der Waals surface area contributed by atoms with Gasteiger partial charge in [0, 0.05) is 25.5 Å². The van der Waals surface area contributed by atoms with E-state index in [2.05, 4.69) is 69.3 Å². The third kappa shape index (κ3) is 2.46. The molecule has 0 unspecified atom stereocenters.